The van der Waals surface area contributed by atoms with Gasteiger partial charge in [-0.15, -0.1) is 0 Å². The molecular weight excluding hydrogens is 170 g/mol. The molecule has 1 heterocycles. The van der Waals surface area contributed by atoms with Gasteiger partial charge in [0.25, 0.3) is 0 Å². The molecule has 0 radical (unpaired) electrons. The Morgan fingerprint density at radius 2 is 2.21 bits per heavy atom. The lowest BCUT2D eigenvalue weighted by molar-refractivity contribution is 0.570. The van der Waals surface area contributed by atoms with Crippen LogP contribution in [0.5, 0.6) is 0 Å². The molecule has 1 fully saturated rings. The molecular formula is C13H15N. The topological polar surface area (TPSA) is 12.9 Å². The zero-order valence-electron chi connectivity index (χ0n) is 8.48. The standard InChI is InChI=1S/C13H15N/c1-9-4-5-14-13(6-9)12-8-10-2-3-11(12)7-10/h2-6,10-12H,7-8H2,1H3. The number of allylic oxidation sites excluding steroid dienone is 2. The number of hydrogen-bond donors (Lipinski definition) is 0. The van der Waals surface area contributed by atoms with Crippen LogP contribution in [0.25, 0.3) is 0 Å². The first-order valence-electron chi connectivity index (χ1n) is 5.44. The van der Waals surface area contributed by atoms with Crippen LogP contribution < -0.4 is 0 Å². The molecule has 0 aromatic carbocycles. The Bertz CT molecular complexity index is 381. The second-order valence-electron chi connectivity index (χ2n) is 4.64. The van der Waals surface area contributed by atoms with E-state index in [9.17, 15) is 0 Å². The van der Waals surface area contributed by atoms with Gasteiger partial charge in [-0.1, -0.05) is 12.2 Å². The fourth-order valence-corrected chi connectivity index (χ4v) is 2.88. The van der Waals surface area contributed by atoms with E-state index in [4.69, 9.17) is 0 Å². The van der Waals surface area contributed by atoms with Gasteiger partial charge >= 0.3 is 0 Å². The van der Waals surface area contributed by atoms with Gasteiger partial charge in [-0.05, 0) is 49.3 Å². The molecule has 14 heavy (non-hydrogen) atoms. The Hall–Kier alpha value is -1.11. The molecule has 1 nitrogen and oxygen atoms in total. The minimum Gasteiger partial charge on any atom is -0.261 e. The van der Waals surface area contributed by atoms with Crippen molar-refractivity contribution < 1.29 is 0 Å². The average molecular weight is 185 g/mol. The molecule has 0 amide bonds. The maximum Gasteiger partial charge on any atom is 0.0443 e. The van der Waals surface area contributed by atoms with Crippen LogP contribution in [0.4, 0.5) is 0 Å². The number of fused-ring (bicyclic) bond motifs is 2. The van der Waals surface area contributed by atoms with Gasteiger partial charge < -0.3 is 0 Å². The first-order chi connectivity index (χ1) is 6.83. The largest absolute Gasteiger partial charge is 0.261 e. The highest BCUT2D eigenvalue weighted by atomic mass is 14.7. The Kier molecular flexibility index (Phi) is 1.73. The minimum absolute atomic E-state index is 0.699. The maximum absolute atomic E-state index is 4.51. The van der Waals surface area contributed by atoms with Crippen molar-refractivity contribution in [2.24, 2.45) is 11.8 Å². The number of rotatable bonds is 1. The number of nitrogens with zero attached hydrogens (tertiary/aromatic N) is 1. The molecule has 0 aliphatic heterocycles. The van der Waals surface area contributed by atoms with Crippen molar-refractivity contribution >= 4 is 0 Å². The summed E-state index contributed by atoms with van der Waals surface area (Å²) in [5.41, 5.74) is 2.64. The SMILES string of the molecule is Cc1ccnc(C2CC3C=CC2C3)c1. The summed E-state index contributed by atoms with van der Waals surface area (Å²) in [6.45, 7) is 2.15. The number of pyridine rings is 1. The zero-order chi connectivity index (χ0) is 9.54. The predicted octanol–water partition coefficient (Wildman–Crippen LogP) is 3.07. The summed E-state index contributed by atoms with van der Waals surface area (Å²) in [7, 11) is 0. The van der Waals surface area contributed by atoms with Crippen LogP contribution in [0.15, 0.2) is 30.5 Å². The van der Waals surface area contributed by atoms with Gasteiger partial charge in [0.1, 0.15) is 0 Å². The van der Waals surface area contributed by atoms with E-state index in [1.54, 1.807) is 0 Å². The summed E-state index contributed by atoms with van der Waals surface area (Å²) in [5, 5.41) is 0. The van der Waals surface area contributed by atoms with Crippen molar-refractivity contribution in [3.8, 4) is 0 Å². The third-order valence-electron chi connectivity index (χ3n) is 3.60. The third-order valence-corrected chi connectivity index (χ3v) is 3.60. The number of aryl methyl sites for hydroxylation is 1. The van der Waals surface area contributed by atoms with Crippen molar-refractivity contribution in [3.05, 3.63) is 41.7 Å². The lowest BCUT2D eigenvalue weighted by atomic mass is 9.90. The summed E-state index contributed by atoms with van der Waals surface area (Å²) in [6, 6.07) is 4.33. The molecule has 2 aliphatic rings. The maximum atomic E-state index is 4.51. The van der Waals surface area contributed by atoms with Crippen LogP contribution in [0.1, 0.15) is 30.0 Å². The quantitative estimate of drug-likeness (QED) is 0.613. The van der Waals surface area contributed by atoms with Gasteiger partial charge in [-0.25, -0.2) is 0 Å². The number of hydrogen-bond acceptors (Lipinski definition) is 1. The molecule has 2 aliphatic carbocycles. The number of aromatic nitrogens is 1. The minimum atomic E-state index is 0.699. The molecule has 2 bridgehead atoms. The molecule has 1 saturated carbocycles. The van der Waals surface area contributed by atoms with E-state index < -0.39 is 0 Å². The second-order valence-corrected chi connectivity index (χ2v) is 4.64. The summed E-state index contributed by atoms with van der Waals surface area (Å²) in [6.07, 6.45) is 9.40. The average Bonchev–Trinajstić information content (AvgIpc) is 2.78. The van der Waals surface area contributed by atoms with Gasteiger partial charge in [0.15, 0.2) is 0 Å². The Balaban J connectivity index is 1.93. The van der Waals surface area contributed by atoms with E-state index in [-0.39, 0.29) is 0 Å². The van der Waals surface area contributed by atoms with E-state index in [1.165, 1.54) is 24.1 Å². The zero-order valence-corrected chi connectivity index (χ0v) is 8.48. The van der Waals surface area contributed by atoms with E-state index in [0.717, 1.165) is 11.8 Å². The van der Waals surface area contributed by atoms with Crippen molar-refractivity contribution in [1.29, 1.82) is 0 Å². The van der Waals surface area contributed by atoms with E-state index in [0.29, 0.717) is 5.92 Å². The smallest absolute Gasteiger partial charge is 0.0443 e. The van der Waals surface area contributed by atoms with E-state index in [2.05, 4.69) is 36.2 Å². The van der Waals surface area contributed by atoms with Crippen LogP contribution in [-0.4, -0.2) is 4.98 Å². The molecule has 1 heteroatoms. The fourth-order valence-electron chi connectivity index (χ4n) is 2.88. The fraction of sp³-hybridized carbons (Fsp3) is 0.462. The normalized spacial score (nSPS) is 33.9. The Morgan fingerprint density at radius 3 is 2.86 bits per heavy atom. The van der Waals surface area contributed by atoms with Crippen molar-refractivity contribution in [2.45, 2.75) is 25.7 Å². The molecule has 3 rings (SSSR count). The third kappa shape index (κ3) is 1.19. The van der Waals surface area contributed by atoms with Gasteiger partial charge in [-0.2, -0.15) is 0 Å². The highest BCUT2D eigenvalue weighted by molar-refractivity contribution is 5.25. The molecule has 3 atom stereocenters. The lowest BCUT2D eigenvalue weighted by Crippen LogP contribution is -2.06. The van der Waals surface area contributed by atoms with Crippen LogP contribution >= 0.6 is 0 Å². The summed E-state index contributed by atoms with van der Waals surface area (Å²) in [4.78, 5) is 4.51. The first kappa shape index (κ1) is 8.22. The van der Waals surface area contributed by atoms with Gasteiger partial charge in [0.2, 0.25) is 0 Å². The van der Waals surface area contributed by atoms with Gasteiger partial charge in [0, 0.05) is 17.8 Å². The predicted molar refractivity (Wildman–Crippen MR) is 57.1 cm³/mol. The van der Waals surface area contributed by atoms with Crippen molar-refractivity contribution in [2.75, 3.05) is 0 Å². The van der Waals surface area contributed by atoms with Crippen LogP contribution in [0.3, 0.4) is 0 Å². The van der Waals surface area contributed by atoms with Crippen LogP contribution in [0.2, 0.25) is 0 Å². The van der Waals surface area contributed by atoms with E-state index >= 15 is 0 Å². The highest BCUT2D eigenvalue weighted by Crippen LogP contribution is 2.48. The van der Waals surface area contributed by atoms with Crippen molar-refractivity contribution in [1.82, 2.24) is 4.98 Å². The second kappa shape index (κ2) is 2.94. The Morgan fingerprint density at radius 1 is 1.29 bits per heavy atom. The summed E-state index contributed by atoms with van der Waals surface area (Å²) < 4.78 is 0. The molecule has 3 unspecified atom stereocenters. The van der Waals surface area contributed by atoms with E-state index in [1.807, 2.05) is 6.20 Å². The van der Waals surface area contributed by atoms with Gasteiger partial charge in [-0.3, -0.25) is 4.98 Å². The van der Waals surface area contributed by atoms with Crippen molar-refractivity contribution in [3.63, 3.8) is 0 Å². The highest BCUT2D eigenvalue weighted by Gasteiger charge is 2.36. The monoisotopic (exact) mass is 185 g/mol. The van der Waals surface area contributed by atoms with Crippen LogP contribution in [0, 0.1) is 18.8 Å². The van der Waals surface area contributed by atoms with Crippen LogP contribution in [-0.2, 0) is 0 Å². The molecule has 72 valence electrons. The molecule has 0 saturated heterocycles. The summed E-state index contributed by atoms with van der Waals surface area (Å²) >= 11 is 0. The van der Waals surface area contributed by atoms with Gasteiger partial charge in [0.05, 0.1) is 0 Å². The molecule has 1 aromatic heterocycles. The Labute approximate surface area is 84.9 Å². The summed E-state index contributed by atoms with van der Waals surface area (Å²) in [5.74, 6) is 2.31. The molecule has 0 spiro atoms. The molecule has 0 N–H and O–H groups in total. The molecule has 1 aromatic rings. The first-order valence-corrected chi connectivity index (χ1v) is 5.44. The lowest BCUT2D eigenvalue weighted by Gasteiger charge is -2.17.